The van der Waals surface area contributed by atoms with Crippen molar-refractivity contribution in [1.82, 2.24) is 0 Å². The van der Waals surface area contributed by atoms with Crippen LogP contribution in [0.4, 0.5) is 5.69 Å². The fourth-order valence-electron chi connectivity index (χ4n) is 2.83. The number of anilines is 1. The zero-order chi connectivity index (χ0) is 18.6. The molecule has 0 aliphatic carbocycles. The molecule has 0 atom stereocenters. The van der Waals surface area contributed by atoms with E-state index in [9.17, 15) is 9.59 Å². The van der Waals surface area contributed by atoms with E-state index in [4.69, 9.17) is 5.11 Å². The van der Waals surface area contributed by atoms with Crippen LogP contribution in [0, 0.1) is 0 Å². The number of benzene rings is 2. The lowest BCUT2D eigenvalue weighted by atomic mass is 10.1. The Labute approximate surface area is 155 Å². The molecule has 2 aromatic rings. The smallest absolute Gasteiger partial charge is 0.224 e. The molecule has 4 nitrogen and oxygen atoms in total. The monoisotopic (exact) mass is 353 g/mol. The molecule has 0 aliphatic heterocycles. The highest BCUT2D eigenvalue weighted by Crippen LogP contribution is 2.12. The molecule has 0 bridgehead atoms. The highest BCUT2D eigenvalue weighted by molar-refractivity contribution is 5.90. The summed E-state index contributed by atoms with van der Waals surface area (Å²) in [5.41, 5.74) is 2.94. The number of amides is 1. The van der Waals surface area contributed by atoms with Crippen LogP contribution in [-0.4, -0.2) is 23.4 Å². The number of ketones is 1. The molecule has 4 heteroatoms. The topological polar surface area (TPSA) is 66.4 Å². The van der Waals surface area contributed by atoms with Crippen molar-refractivity contribution in [2.45, 2.75) is 44.9 Å². The van der Waals surface area contributed by atoms with E-state index in [1.807, 2.05) is 6.07 Å². The number of rotatable bonds is 11. The summed E-state index contributed by atoms with van der Waals surface area (Å²) in [4.78, 5) is 23.2. The second-order valence-corrected chi connectivity index (χ2v) is 6.52. The predicted molar refractivity (Wildman–Crippen MR) is 104 cm³/mol. The van der Waals surface area contributed by atoms with Gasteiger partial charge in [-0.1, -0.05) is 55.3 Å². The van der Waals surface area contributed by atoms with Crippen LogP contribution in [0.1, 0.15) is 43.2 Å². The molecule has 0 aliphatic rings. The summed E-state index contributed by atoms with van der Waals surface area (Å²) in [6.45, 7) is -0.441. The van der Waals surface area contributed by atoms with E-state index in [-0.39, 0.29) is 18.1 Å². The van der Waals surface area contributed by atoms with Gasteiger partial charge < -0.3 is 10.4 Å². The zero-order valence-corrected chi connectivity index (χ0v) is 15.1. The number of Topliss-reactive ketones (excluding diaryl/α,β-unsaturated/α-hetero) is 1. The summed E-state index contributed by atoms with van der Waals surface area (Å²) in [5, 5.41) is 11.6. The second kappa shape index (κ2) is 11.2. The van der Waals surface area contributed by atoms with Gasteiger partial charge in [0.05, 0.1) is 0 Å². The zero-order valence-electron chi connectivity index (χ0n) is 15.1. The number of carbonyl (C=O) groups is 2. The van der Waals surface area contributed by atoms with E-state index in [0.717, 1.165) is 43.4 Å². The van der Waals surface area contributed by atoms with Gasteiger partial charge in [-0.25, -0.2) is 0 Å². The molecule has 138 valence electrons. The Bertz CT molecular complexity index is 680. The second-order valence-electron chi connectivity index (χ2n) is 6.52. The Morgan fingerprint density at radius 2 is 1.50 bits per heavy atom. The number of carbonyl (C=O) groups excluding carboxylic acids is 2. The van der Waals surface area contributed by atoms with Crippen molar-refractivity contribution in [2.24, 2.45) is 0 Å². The molecule has 0 aromatic heterocycles. The van der Waals surface area contributed by atoms with E-state index in [2.05, 4.69) is 29.6 Å². The summed E-state index contributed by atoms with van der Waals surface area (Å²) in [6, 6.07) is 17.6. The van der Waals surface area contributed by atoms with E-state index in [1.165, 1.54) is 5.56 Å². The maximum absolute atomic E-state index is 12.0. The molecule has 0 spiro atoms. The normalized spacial score (nSPS) is 10.5. The number of aliphatic hydroxyl groups is 1. The number of hydrogen-bond acceptors (Lipinski definition) is 3. The van der Waals surface area contributed by atoms with E-state index in [1.54, 1.807) is 24.3 Å². The fraction of sp³-hybridized carbons (Fsp3) is 0.364. The van der Waals surface area contributed by atoms with E-state index < -0.39 is 6.61 Å². The van der Waals surface area contributed by atoms with Crippen LogP contribution >= 0.6 is 0 Å². The Kier molecular flexibility index (Phi) is 8.56. The Balaban J connectivity index is 1.59. The van der Waals surface area contributed by atoms with Crippen LogP contribution < -0.4 is 5.32 Å². The van der Waals surface area contributed by atoms with Gasteiger partial charge in [-0.2, -0.15) is 0 Å². The van der Waals surface area contributed by atoms with Crippen LogP contribution in [-0.2, 0) is 22.4 Å². The first kappa shape index (κ1) is 19.9. The van der Waals surface area contributed by atoms with Gasteiger partial charge in [-0.15, -0.1) is 0 Å². The van der Waals surface area contributed by atoms with Crippen molar-refractivity contribution in [3.8, 4) is 0 Å². The standard InChI is InChI=1S/C22H27NO3/c24-17-21(25)16-19-12-14-20(15-13-19)23-22(26)11-7-2-1-4-8-18-9-5-3-6-10-18/h3,5-6,9-10,12-15,24H,1-2,4,7-8,11,16-17H2,(H,23,26). The van der Waals surface area contributed by atoms with Crippen molar-refractivity contribution in [3.63, 3.8) is 0 Å². The Morgan fingerprint density at radius 3 is 2.19 bits per heavy atom. The molecular weight excluding hydrogens is 326 g/mol. The molecule has 0 unspecified atom stereocenters. The molecule has 0 fully saturated rings. The number of hydrogen-bond donors (Lipinski definition) is 2. The summed E-state index contributed by atoms with van der Waals surface area (Å²) in [5.74, 6) is -0.193. The molecule has 2 aromatic carbocycles. The first-order valence-corrected chi connectivity index (χ1v) is 9.22. The fourth-order valence-corrected chi connectivity index (χ4v) is 2.83. The van der Waals surface area contributed by atoms with Crippen LogP contribution in [0.15, 0.2) is 54.6 Å². The number of aryl methyl sites for hydroxylation is 1. The first-order valence-electron chi connectivity index (χ1n) is 9.22. The lowest BCUT2D eigenvalue weighted by Gasteiger charge is -2.07. The number of unbranched alkanes of at least 4 members (excludes halogenated alkanes) is 3. The lowest BCUT2D eigenvalue weighted by Crippen LogP contribution is -2.11. The van der Waals surface area contributed by atoms with Crippen molar-refractivity contribution < 1.29 is 14.7 Å². The average molecular weight is 353 g/mol. The quantitative estimate of drug-likeness (QED) is 0.602. The summed E-state index contributed by atoms with van der Waals surface area (Å²) in [6.07, 6.45) is 6.07. The minimum Gasteiger partial charge on any atom is -0.389 e. The third kappa shape index (κ3) is 7.62. The third-order valence-corrected chi connectivity index (χ3v) is 4.28. The Morgan fingerprint density at radius 1 is 0.808 bits per heavy atom. The highest BCUT2D eigenvalue weighted by Gasteiger charge is 2.04. The maximum atomic E-state index is 12.0. The average Bonchev–Trinajstić information content (AvgIpc) is 2.67. The van der Waals surface area contributed by atoms with Gasteiger partial charge in [-0.3, -0.25) is 9.59 Å². The molecule has 1 amide bonds. The van der Waals surface area contributed by atoms with Gasteiger partial charge in [0.15, 0.2) is 5.78 Å². The van der Waals surface area contributed by atoms with Gasteiger partial charge in [0.2, 0.25) is 5.91 Å². The number of nitrogens with one attached hydrogen (secondary N) is 1. The van der Waals surface area contributed by atoms with E-state index in [0.29, 0.717) is 6.42 Å². The minimum atomic E-state index is -0.441. The molecule has 26 heavy (non-hydrogen) atoms. The Hall–Kier alpha value is -2.46. The third-order valence-electron chi connectivity index (χ3n) is 4.28. The molecule has 0 saturated heterocycles. The molecule has 0 saturated carbocycles. The van der Waals surface area contributed by atoms with Crippen molar-refractivity contribution in [2.75, 3.05) is 11.9 Å². The molecule has 0 heterocycles. The molecule has 2 rings (SSSR count). The van der Waals surface area contributed by atoms with Gasteiger partial charge in [-0.05, 0) is 42.5 Å². The maximum Gasteiger partial charge on any atom is 0.224 e. The van der Waals surface area contributed by atoms with Gasteiger partial charge in [0.1, 0.15) is 6.61 Å². The highest BCUT2D eigenvalue weighted by atomic mass is 16.3. The molecule has 0 radical (unpaired) electrons. The van der Waals surface area contributed by atoms with Crippen LogP contribution in [0.25, 0.3) is 0 Å². The van der Waals surface area contributed by atoms with Crippen LogP contribution in [0.3, 0.4) is 0 Å². The molecular formula is C22H27NO3. The summed E-state index contributed by atoms with van der Waals surface area (Å²) >= 11 is 0. The van der Waals surface area contributed by atoms with Gasteiger partial charge in [0, 0.05) is 18.5 Å². The largest absolute Gasteiger partial charge is 0.389 e. The van der Waals surface area contributed by atoms with Crippen molar-refractivity contribution in [3.05, 3.63) is 65.7 Å². The van der Waals surface area contributed by atoms with Crippen molar-refractivity contribution >= 4 is 17.4 Å². The first-order chi connectivity index (χ1) is 12.7. The minimum absolute atomic E-state index is 0.0206. The number of aliphatic hydroxyl groups excluding tert-OH is 1. The van der Waals surface area contributed by atoms with Gasteiger partial charge in [0.25, 0.3) is 0 Å². The SMILES string of the molecule is O=C(CO)Cc1ccc(NC(=O)CCCCCCc2ccccc2)cc1. The lowest BCUT2D eigenvalue weighted by molar-refractivity contribution is -0.121. The summed E-state index contributed by atoms with van der Waals surface area (Å²) in [7, 11) is 0. The van der Waals surface area contributed by atoms with Crippen molar-refractivity contribution in [1.29, 1.82) is 0 Å². The van der Waals surface area contributed by atoms with E-state index >= 15 is 0 Å². The predicted octanol–water partition coefficient (Wildman–Crippen LogP) is 3.92. The molecule has 2 N–H and O–H groups in total. The summed E-state index contributed by atoms with van der Waals surface area (Å²) < 4.78 is 0. The van der Waals surface area contributed by atoms with Crippen LogP contribution in [0.5, 0.6) is 0 Å². The van der Waals surface area contributed by atoms with Gasteiger partial charge >= 0.3 is 0 Å². The van der Waals surface area contributed by atoms with Crippen LogP contribution in [0.2, 0.25) is 0 Å².